The van der Waals surface area contributed by atoms with Crippen LogP contribution in [0.4, 0.5) is 10.1 Å². The molecule has 1 aliphatic rings. The molecule has 0 aromatic heterocycles. The van der Waals surface area contributed by atoms with Crippen LogP contribution in [0.3, 0.4) is 0 Å². The highest BCUT2D eigenvalue weighted by Crippen LogP contribution is 2.23. The van der Waals surface area contributed by atoms with Crippen molar-refractivity contribution in [2.75, 3.05) is 30.8 Å². The normalized spacial score (nSPS) is 21.2. The van der Waals surface area contributed by atoms with Gasteiger partial charge in [0.2, 0.25) is 0 Å². The third kappa shape index (κ3) is 6.19. The van der Waals surface area contributed by atoms with Gasteiger partial charge in [-0.1, -0.05) is 19.4 Å². The lowest BCUT2D eigenvalue weighted by atomic mass is 9.95. The molecule has 7 heteroatoms. The molecule has 0 bridgehead atoms. The van der Waals surface area contributed by atoms with Gasteiger partial charge in [0.15, 0.2) is 5.96 Å². The Morgan fingerprint density at radius 1 is 1.29 bits per heavy atom. The molecule has 1 aromatic carbocycles. The first-order chi connectivity index (χ1) is 13.5. The van der Waals surface area contributed by atoms with E-state index in [4.69, 9.17) is 0 Å². The van der Waals surface area contributed by atoms with Crippen LogP contribution in [-0.4, -0.2) is 47.4 Å². The van der Waals surface area contributed by atoms with Gasteiger partial charge in [-0.3, -0.25) is 9.20 Å². The lowest BCUT2D eigenvalue weighted by Crippen LogP contribution is -2.46. The minimum atomic E-state index is -0.741. The molecule has 1 aromatic rings. The summed E-state index contributed by atoms with van der Waals surface area (Å²) in [6.45, 7) is 8.11. The first-order valence-corrected chi connectivity index (χ1v) is 11.8. The number of benzene rings is 1. The molecule has 0 aliphatic heterocycles. The summed E-state index contributed by atoms with van der Waals surface area (Å²) < 4.78 is 26.6. The van der Waals surface area contributed by atoms with E-state index in [1.165, 1.54) is 0 Å². The van der Waals surface area contributed by atoms with E-state index in [0.29, 0.717) is 18.2 Å². The summed E-state index contributed by atoms with van der Waals surface area (Å²) in [6, 6.07) is 5.68. The second-order valence-corrected chi connectivity index (χ2v) is 9.19. The average molecular weight is 411 g/mol. The third-order valence-corrected chi connectivity index (χ3v) is 7.16. The number of rotatable bonds is 8. The molecule has 0 amide bonds. The third-order valence-electron chi connectivity index (χ3n) is 5.42. The predicted molar refractivity (Wildman–Crippen MR) is 118 cm³/mol. The van der Waals surface area contributed by atoms with Crippen molar-refractivity contribution in [2.45, 2.75) is 64.3 Å². The maximum atomic E-state index is 14.5. The van der Waals surface area contributed by atoms with E-state index in [1.54, 1.807) is 13.1 Å². The van der Waals surface area contributed by atoms with Crippen LogP contribution < -0.4 is 15.5 Å². The fourth-order valence-corrected chi connectivity index (χ4v) is 5.15. The standard InChI is InChI=1S/C21H35FN4OS/c1-5-26(6-2)20-12-11-16(13-19(20)22)15-24-21(23-4)25-17-9-8-10-18(14-17)28(27)7-3/h11-13,17-18H,5-10,14-15H2,1-4H3,(H2,23,24,25). The molecule has 5 nitrogen and oxygen atoms in total. The van der Waals surface area contributed by atoms with Gasteiger partial charge in [0.1, 0.15) is 5.82 Å². The van der Waals surface area contributed by atoms with E-state index >= 15 is 0 Å². The maximum Gasteiger partial charge on any atom is 0.191 e. The SMILES string of the molecule is CCN(CC)c1ccc(CNC(=NC)NC2CCCC(S(=O)CC)C2)cc1F. The van der Waals surface area contributed by atoms with Crippen LogP contribution in [0, 0.1) is 5.82 Å². The molecule has 28 heavy (non-hydrogen) atoms. The quantitative estimate of drug-likeness (QED) is 0.509. The Labute approximate surface area is 171 Å². The van der Waals surface area contributed by atoms with Gasteiger partial charge in [-0.25, -0.2) is 4.39 Å². The summed E-state index contributed by atoms with van der Waals surface area (Å²) >= 11 is 0. The van der Waals surface area contributed by atoms with Crippen molar-refractivity contribution in [1.82, 2.24) is 10.6 Å². The molecule has 2 rings (SSSR count). The summed E-state index contributed by atoms with van der Waals surface area (Å²) in [4.78, 5) is 6.31. The molecule has 0 radical (unpaired) electrons. The Bertz CT molecular complexity index is 678. The second-order valence-electron chi connectivity index (χ2n) is 7.18. The molecule has 3 atom stereocenters. The molecule has 0 heterocycles. The molecular formula is C21H35FN4OS. The zero-order valence-corrected chi connectivity index (χ0v) is 18.4. The highest BCUT2D eigenvalue weighted by atomic mass is 32.2. The van der Waals surface area contributed by atoms with Gasteiger partial charge < -0.3 is 15.5 Å². The van der Waals surface area contributed by atoms with Gasteiger partial charge in [-0.15, -0.1) is 0 Å². The van der Waals surface area contributed by atoms with Crippen LogP contribution in [0.2, 0.25) is 0 Å². The number of aliphatic imine (C=N–C) groups is 1. The van der Waals surface area contributed by atoms with Crippen molar-refractivity contribution >= 4 is 22.4 Å². The van der Waals surface area contributed by atoms with Crippen molar-refractivity contribution in [3.63, 3.8) is 0 Å². The number of halogens is 1. The molecule has 1 saturated carbocycles. The largest absolute Gasteiger partial charge is 0.370 e. The zero-order chi connectivity index (χ0) is 20.5. The molecule has 3 unspecified atom stereocenters. The minimum Gasteiger partial charge on any atom is -0.370 e. The van der Waals surface area contributed by atoms with E-state index in [2.05, 4.69) is 15.6 Å². The number of anilines is 1. The van der Waals surface area contributed by atoms with Crippen molar-refractivity contribution in [2.24, 2.45) is 4.99 Å². The van der Waals surface area contributed by atoms with Gasteiger partial charge in [0.25, 0.3) is 0 Å². The molecule has 1 fully saturated rings. The number of hydrogen-bond acceptors (Lipinski definition) is 3. The van der Waals surface area contributed by atoms with E-state index in [-0.39, 0.29) is 17.1 Å². The summed E-state index contributed by atoms with van der Waals surface area (Å²) in [5.41, 5.74) is 1.53. The van der Waals surface area contributed by atoms with E-state index in [9.17, 15) is 8.60 Å². The number of nitrogens with zero attached hydrogens (tertiary/aromatic N) is 2. The first kappa shape index (κ1) is 22.7. The van der Waals surface area contributed by atoms with Gasteiger partial charge in [0.05, 0.1) is 5.69 Å². The highest BCUT2D eigenvalue weighted by molar-refractivity contribution is 7.85. The van der Waals surface area contributed by atoms with Crippen molar-refractivity contribution in [3.8, 4) is 0 Å². The van der Waals surface area contributed by atoms with Crippen LogP contribution in [0.25, 0.3) is 0 Å². The summed E-state index contributed by atoms with van der Waals surface area (Å²) in [5.74, 6) is 1.24. The van der Waals surface area contributed by atoms with Gasteiger partial charge in [-0.2, -0.15) is 0 Å². The Morgan fingerprint density at radius 3 is 2.64 bits per heavy atom. The molecule has 2 N–H and O–H groups in total. The molecular weight excluding hydrogens is 375 g/mol. The second kappa shape index (κ2) is 11.4. The molecule has 1 aliphatic carbocycles. The van der Waals surface area contributed by atoms with Crippen molar-refractivity contribution in [3.05, 3.63) is 29.6 Å². The summed E-state index contributed by atoms with van der Waals surface area (Å²) in [7, 11) is 0.999. The van der Waals surface area contributed by atoms with Gasteiger partial charge in [0, 0.05) is 54.5 Å². The van der Waals surface area contributed by atoms with E-state index in [0.717, 1.165) is 50.1 Å². The van der Waals surface area contributed by atoms with Crippen LogP contribution in [-0.2, 0) is 17.3 Å². The number of guanidine groups is 1. The van der Waals surface area contributed by atoms with Crippen molar-refractivity contribution < 1.29 is 8.60 Å². The van der Waals surface area contributed by atoms with Crippen LogP contribution >= 0.6 is 0 Å². The summed E-state index contributed by atoms with van der Waals surface area (Å²) in [5, 5.41) is 7.00. The fraction of sp³-hybridized carbons (Fsp3) is 0.667. The van der Waals surface area contributed by atoms with Crippen LogP contribution in [0.5, 0.6) is 0 Å². The van der Waals surface area contributed by atoms with E-state index < -0.39 is 10.8 Å². The van der Waals surface area contributed by atoms with Gasteiger partial charge >= 0.3 is 0 Å². The van der Waals surface area contributed by atoms with Crippen LogP contribution in [0.1, 0.15) is 52.0 Å². The monoisotopic (exact) mass is 410 g/mol. The van der Waals surface area contributed by atoms with Crippen LogP contribution in [0.15, 0.2) is 23.2 Å². The molecule has 158 valence electrons. The van der Waals surface area contributed by atoms with Gasteiger partial charge in [-0.05, 0) is 50.8 Å². The topological polar surface area (TPSA) is 56.7 Å². The molecule has 0 spiro atoms. The minimum absolute atomic E-state index is 0.192. The molecule has 0 saturated heterocycles. The predicted octanol–water partition coefficient (Wildman–Crippen LogP) is 3.42. The smallest absolute Gasteiger partial charge is 0.191 e. The van der Waals surface area contributed by atoms with E-state index in [1.807, 2.05) is 37.8 Å². The summed E-state index contributed by atoms with van der Waals surface area (Å²) in [6.07, 6.45) is 4.10. The Hall–Kier alpha value is -1.63. The average Bonchev–Trinajstić information content (AvgIpc) is 2.72. The lowest BCUT2D eigenvalue weighted by molar-refractivity contribution is 0.413. The Morgan fingerprint density at radius 2 is 2.04 bits per heavy atom. The first-order valence-electron chi connectivity index (χ1n) is 10.4. The Balaban J connectivity index is 1.92. The number of hydrogen-bond donors (Lipinski definition) is 2. The fourth-order valence-electron chi connectivity index (χ4n) is 3.81. The number of nitrogens with one attached hydrogen (secondary N) is 2. The zero-order valence-electron chi connectivity index (χ0n) is 17.6. The highest BCUT2D eigenvalue weighted by Gasteiger charge is 2.26. The van der Waals surface area contributed by atoms with Crippen molar-refractivity contribution in [1.29, 1.82) is 0 Å². The maximum absolute atomic E-state index is 14.5. The lowest BCUT2D eigenvalue weighted by Gasteiger charge is -2.30. The Kier molecular flexibility index (Phi) is 9.22.